The number of primary amides is 1. The van der Waals surface area contributed by atoms with Crippen LogP contribution < -0.4 is 11.1 Å². The Bertz CT molecular complexity index is 646. The Labute approximate surface area is 136 Å². The number of amides is 2. The van der Waals surface area contributed by atoms with Crippen molar-refractivity contribution in [3.63, 3.8) is 0 Å². The molecule has 0 aliphatic carbocycles. The lowest BCUT2D eigenvalue weighted by Gasteiger charge is -2.16. The van der Waals surface area contributed by atoms with Crippen LogP contribution in [0.5, 0.6) is 0 Å². The Balaban J connectivity index is 2.12. The van der Waals surface area contributed by atoms with E-state index in [9.17, 15) is 9.59 Å². The van der Waals surface area contributed by atoms with E-state index in [2.05, 4.69) is 32.9 Å². The van der Waals surface area contributed by atoms with E-state index in [4.69, 9.17) is 5.73 Å². The number of benzene rings is 1. The maximum atomic E-state index is 12.1. The fourth-order valence-corrected chi connectivity index (χ4v) is 2.45. The topological polar surface area (TPSA) is 85.1 Å². The summed E-state index contributed by atoms with van der Waals surface area (Å²) < 4.78 is 1.02. The molecule has 0 saturated heterocycles. The van der Waals surface area contributed by atoms with E-state index >= 15 is 0 Å². The van der Waals surface area contributed by atoms with Gasteiger partial charge in [0.05, 0.1) is 5.56 Å². The summed E-state index contributed by atoms with van der Waals surface area (Å²) in [5.41, 5.74) is 6.75. The molecule has 0 unspecified atom stereocenters. The first-order chi connectivity index (χ1) is 10.1. The van der Waals surface area contributed by atoms with Crippen LogP contribution in [0.25, 0.3) is 0 Å². The number of carbonyl (C=O) groups excluding carboxylic acids is 2. The zero-order valence-electron chi connectivity index (χ0n) is 11.1. The molecule has 3 N–H and O–H groups in total. The van der Waals surface area contributed by atoms with E-state index in [1.54, 1.807) is 18.3 Å². The van der Waals surface area contributed by atoms with E-state index in [1.165, 1.54) is 6.20 Å². The Morgan fingerprint density at radius 2 is 2.00 bits per heavy atom. The van der Waals surface area contributed by atoms with Gasteiger partial charge in [-0.25, -0.2) is 0 Å². The minimum Gasteiger partial charge on any atom is -0.368 e. The number of halogens is 1. The van der Waals surface area contributed by atoms with Crippen molar-refractivity contribution in [3.8, 4) is 0 Å². The van der Waals surface area contributed by atoms with Crippen LogP contribution in [0, 0.1) is 3.57 Å². The zero-order chi connectivity index (χ0) is 15.2. The molecule has 2 aromatic rings. The van der Waals surface area contributed by atoms with Gasteiger partial charge in [-0.05, 0) is 46.4 Å². The second-order valence-electron chi connectivity index (χ2n) is 4.47. The quantitative estimate of drug-likeness (QED) is 0.753. The normalized spacial score (nSPS) is 11.7. The number of hydrogen-bond donors (Lipinski definition) is 2. The number of pyridine rings is 1. The van der Waals surface area contributed by atoms with Crippen molar-refractivity contribution in [2.75, 3.05) is 0 Å². The van der Waals surface area contributed by atoms with Crippen molar-refractivity contribution in [2.45, 2.75) is 12.5 Å². The van der Waals surface area contributed by atoms with Gasteiger partial charge in [-0.15, -0.1) is 0 Å². The van der Waals surface area contributed by atoms with Gasteiger partial charge in [-0.2, -0.15) is 0 Å². The van der Waals surface area contributed by atoms with Crippen LogP contribution in [0.2, 0.25) is 0 Å². The summed E-state index contributed by atoms with van der Waals surface area (Å²) in [6, 6.07) is 10.2. The van der Waals surface area contributed by atoms with E-state index < -0.39 is 11.9 Å². The fourth-order valence-electron chi connectivity index (χ4n) is 1.85. The molecular formula is C15H14IN3O2. The van der Waals surface area contributed by atoms with E-state index in [1.807, 2.05) is 24.3 Å². The summed E-state index contributed by atoms with van der Waals surface area (Å²) in [7, 11) is 0. The molecule has 5 nitrogen and oxygen atoms in total. The molecule has 0 bridgehead atoms. The number of nitrogens with zero attached hydrogens (tertiary/aromatic N) is 1. The molecule has 2 rings (SSSR count). The van der Waals surface area contributed by atoms with Crippen LogP contribution in [0.4, 0.5) is 0 Å². The number of carbonyl (C=O) groups is 2. The summed E-state index contributed by atoms with van der Waals surface area (Å²) in [5, 5.41) is 2.65. The molecule has 2 amide bonds. The first-order valence-corrected chi connectivity index (χ1v) is 7.39. The Morgan fingerprint density at radius 1 is 1.24 bits per heavy atom. The largest absolute Gasteiger partial charge is 0.368 e. The second-order valence-corrected chi connectivity index (χ2v) is 5.63. The van der Waals surface area contributed by atoms with Crippen molar-refractivity contribution in [3.05, 3.63) is 63.5 Å². The molecule has 1 aromatic heterocycles. The van der Waals surface area contributed by atoms with Crippen molar-refractivity contribution < 1.29 is 9.59 Å². The fraction of sp³-hybridized carbons (Fsp3) is 0.133. The van der Waals surface area contributed by atoms with Gasteiger partial charge in [0.1, 0.15) is 6.04 Å². The minimum absolute atomic E-state index is 0.362. The molecule has 108 valence electrons. The van der Waals surface area contributed by atoms with Gasteiger partial charge >= 0.3 is 0 Å². The third-order valence-corrected chi connectivity index (χ3v) is 4.01. The lowest BCUT2D eigenvalue weighted by Crippen LogP contribution is -2.46. The van der Waals surface area contributed by atoms with Crippen LogP contribution in [-0.2, 0) is 11.2 Å². The van der Waals surface area contributed by atoms with Crippen molar-refractivity contribution in [2.24, 2.45) is 5.73 Å². The molecule has 0 saturated carbocycles. The van der Waals surface area contributed by atoms with E-state index in [0.29, 0.717) is 12.0 Å². The number of aromatic nitrogens is 1. The van der Waals surface area contributed by atoms with Gasteiger partial charge in [-0.3, -0.25) is 14.6 Å². The number of hydrogen-bond acceptors (Lipinski definition) is 3. The Hall–Kier alpha value is -1.96. The Morgan fingerprint density at radius 3 is 2.62 bits per heavy atom. The highest BCUT2D eigenvalue weighted by Crippen LogP contribution is 2.13. The molecule has 1 heterocycles. The minimum atomic E-state index is -0.756. The third kappa shape index (κ3) is 4.25. The van der Waals surface area contributed by atoms with Crippen LogP contribution in [0.1, 0.15) is 15.9 Å². The smallest absolute Gasteiger partial charge is 0.253 e. The maximum absolute atomic E-state index is 12.1. The van der Waals surface area contributed by atoms with Crippen molar-refractivity contribution in [1.29, 1.82) is 0 Å². The molecule has 0 spiro atoms. The number of nitrogens with one attached hydrogen (secondary N) is 1. The predicted octanol–water partition coefficient (Wildman–Crippen LogP) is 1.51. The molecule has 0 aliphatic heterocycles. The highest BCUT2D eigenvalue weighted by atomic mass is 127. The van der Waals surface area contributed by atoms with Gasteiger partial charge < -0.3 is 11.1 Å². The zero-order valence-corrected chi connectivity index (χ0v) is 13.3. The standard InChI is InChI=1S/C15H14IN3O2/c16-12-6-2-1-4-10(12)8-13(14(17)20)19-15(21)11-5-3-7-18-9-11/h1-7,9,13H,8H2,(H2,17,20)(H,19,21)/t13-/m1/s1. The van der Waals surface area contributed by atoms with E-state index in [0.717, 1.165) is 9.13 Å². The predicted molar refractivity (Wildman–Crippen MR) is 87.5 cm³/mol. The molecule has 0 aliphatic rings. The highest BCUT2D eigenvalue weighted by molar-refractivity contribution is 14.1. The highest BCUT2D eigenvalue weighted by Gasteiger charge is 2.20. The Kier molecular flexibility index (Phi) is 5.26. The molecule has 0 fully saturated rings. The first-order valence-electron chi connectivity index (χ1n) is 6.31. The van der Waals surface area contributed by atoms with Crippen molar-refractivity contribution in [1.82, 2.24) is 10.3 Å². The lowest BCUT2D eigenvalue weighted by atomic mass is 10.1. The molecule has 0 radical (unpaired) electrons. The maximum Gasteiger partial charge on any atom is 0.253 e. The van der Waals surface area contributed by atoms with Gasteiger partial charge in [0.15, 0.2) is 0 Å². The van der Waals surface area contributed by atoms with Crippen LogP contribution in [-0.4, -0.2) is 22.8 Å². The van der Waals surface area contributed by atoms with E-state index in [-0.39, 0.29) is 5.91 Å². The third-order valence-electron chi connectivity index (χ3n) is 2.95. The average Bonchev–Trinajstić information content (AvgIpc) is 2.49. The molecule has 1 aromatic carbocycles. The summed E-state index contributed by atoms with van der Waals surface area (Å²) in [5.74, 6) is -0.926. The van der Waals surface area contributed by atoms with Crippen LogP contribution in [0.15, 0.2) is 48.8 Å². The summed E-state index contributed by atoms with van der Waals surface area (Å²) in [6.45, 7) is 0. The monoisotopic (exact) mass is 395 g/mol. The van der Waals surface area contributed by atoms with Gasteiger partial charge in [0, 0.05) is 22.4 Å². The second kappa shape index (κ2) is 7.16. The molecule has 21 heavy (non-hydrogen) atoms. The van der Waals surface area contributed by atoms with Crippen LogP contribution in [0.3, 0.4) is 0 Å². The van der Waals surface area contributed by atoms with Gasteiger partial charge in [-0.1, -0.05) is 18.2 Å². The van der Waals surface area contributed by atoms with Gasteiger partial charge in [0.2, 0.25) is 5.91 Å². The van der Waals surface area contributed by atoms with Gasteiger partial charge in [0.25, 0.3) is 5.91 Å². The van der Waals surface area contributed by atoms with Crippen molar-refractivity contribution >= 4 is 34.4 Å². The first kappa shape index (κ1) is 15.4. The molecule has 1 atom stereocenters. The van der Waals surface area contributed by atoms with Crippen LogP contribution >= 0.6 is 22.6 Å². The SMILES string of the molecule is NC(=O)[C@@H](Cc1ccccc1I)NC(=O)c1cccnc1. The average molecular weight is 395 g/mol. The molecule has 6 heteroatoms. The lowest BCUT2D eigenvalue weighted by molar-refractivity contribution is -0.119. The molecular weight excluding hydrogens is 381 g/mol. The number of rotatable bonds is 5. The summed E-state index contributed by atoms with van der Waals surface area (Å²) in [6.07, 6.45) is 3.38. The summed E-state index contributed by atoms with van der Waals surface area (Å²) in [4.78, 5) is 27.5. The summed E-state index contributed by atoms with van der Waals surface area (Å²) >= 11 is 2.19. The number of nitrogens with two attached hydrogens (primary N) is 1.